The molecule has 0 N–H and O–H groups in total. The Morgan fingerprint density at radius 2 is 2.23 bits per heavy atom. The summed E-state index contributed by atoms with van der Waals surface area (Å²) >= 11 is 5.41. The second-order valence-electron chi connectivity index (χ2n) is 2.59. The standard InChI is InChI=1S/C9H6ClNO2/c10-5-8(12)9-6-3-1-2-4-7(6)11-13-9/h1-4H,5H2. The number of alkyl halides is 1. The number of benzene rings is 1. The SMILES string of the molecule is O=C(CCl)c1onc2ccccc12. The Morgan fingerprint density at radius 1 is 1.46 bits per heavy atom. The number of rotatable bonds is 2. The van der Waals surface area contributed by atoms with Gasteiger partial charge in [0.2, 0.25) is 11.5 Å². The summed E-state index contributed by atoms with van der Waals surface area (Å²) in [7, 11) is 0. The fourth-order valence-corrected chi connectivity index (χ4v) is 1.27. The largest absolute Gasteiger partial charge is 0.352 e. The Labute approximate surface area is 79.3 Å². The minimum absolute atomic E-state index is 0.0841. The number of carbonyl (C=O) groups excluding carboxylic acids is 1. The van der Waals surface area contributed by atoms with Gasteiger partial charge < -0.3 is 4.52 Å². The van der Waals surface area contributed by atoms with Gasteiger partial charge in [-0.15, -0.1) is 11.6 Å². The van der Waals surface area contributed by atoms with E-state index in [9.17, 15) is 4.79 Å². The summed E-state index contributed by atoms with van der Waals surface area (Å²) in [6.07, 6.45) is 0. The Bertz CT molecular complexity index is 450. The summed E-state index contributed by atoms with van der Waals surface area (Å²) in [6, 6.07) is 7.22. The predicted molar refractivity (Wildman–Crippen MR) is 49.1 cm³/mol. The fourth-order valence-electron chi connectivity index (χ4n) is 1.15. The molecule has 1 heterocycles. The lowest BCUT2D eigenvalue weighted by Crippen LogP contribution is -1.98. The molecule has 0 atom stereocenters. The van der Waals surface area contributed by atoms with E-state index in [4.69, 9.17) is 16.1 Å². The Morgan fingerprint density at radius 3 is 3.00 bits per heavy atom. The maximum atomic E-state index is 11.2. The van der Waals surface area contributed by atoms with Crippen LogP contribution >= 0.6 is 11.6 Å². The molecule has 0 bridgehead atoms. The molecule has 4 heteroatoms. The van der Waals surface area contributed by atoms with Crippen molar-refractivity contribution in [1.82, 2.24) is 5.16 Å². The van der Waals surface area contributed by atoms with Crippen molar-refractivity contribution in [2.45, 2.75) is 0 Å². The molecular weight excluding hydrogens is 190 g/mol. The van der Waals surface area contributed by atoms with Crippen LogP contribution in [0.5, 0.6) is 0 Å². The molecule has 0 aliphatic carbocycles. The second-order valence-corrected chi connectivity index (χ2v) is 2.85. The molecule has 0 radical (unpaired) electrons. The minimum Gasteiger partial charge on any atom is -0.352 e. The van der Waals surface area contributed by atoms with Gasteiger partial charge in [-0.2, -0.15) is 0 Å². The van der Waals surface area contributed by atoms with Crippen LogP contribution in [-0.2, 0) is 0 Å². The Balaban J connectivity index is 2.64. The van der Waals surface area contributed by atoms with E-state index in [1.54, 1.807) is 12.1 Å². The summed E-state index contributed by atoms with van der Waals surface area (Å²) in [5, 5.41) is 4.45. The van der Waals surface area contributed by atoms with Gasteiger partial charge in [0.15, 0.2) is 0 Å². The molecule has 13 heavy (non-hydrogen) atoms. The van der Waals surface area contributed by atoms with Gasteiger partial charge in [-0.3, -0.25) is 4.79 Å². The number of hydrogen-bond donors (Lipinski definition) is 0. The summed E-state index contributed by atoms with van der Waals surface area (Å²) in [4.78, 5) is 11.2. The van der Waals surface area contributed by atoms with Crippen LogP contribution in [-0.4, -0.2) is 16.8 Å². The van der Waals surface area contributed by atoms with Gasteiger partial charge in [0.05, 0.1) is 11.3 Å². The predicted octanol–water partition coefficient (Wildman–Crippen LogP) is 2.25. The third-order valence-corrected chi connectivity index (χ3v) is 2.00. The van der Waals surface area contributed by atoms with Crippen molar-refractivity contribution in [2.24, 2.45) is 0 Å². The molecule has 0 aliphatic heterocycles. The molecule has 0 fully saturated rings. The molecule has 2 rings (SSSR count). The first-order valence-corrected chi connectivity index (χ1v) is 4.30. The van der Waals surface area contributed by atoms with Gasteiger partial charge in [-0.05, 0) is 12.1 Å². The number of ketones is 1. The van der Waals surface area contributed by atoms with Crippen LogP contribution < -0.4 is 0 Å². The summed E-state index contributed by atoms with van der Waals surface area (Å²) in [5.74, 6) is -0.0832. The van der Waals surface area contributed by atoms with Gasteiger partial charge in [0.25, 0.3) is 0 Å². The van der Waals surface area contributed by atoms with E-state index >= 15 is 0 Å². The number of nitrogens with zero attached hydrogens (tertiary/aromatic N) is 1. The van der Waals surface area contributed by atoms with Crippen molar-refractivity contribution in [1.29, 1.82) is 0 Å². The Hall–Kier alpha value is -1.35. The van der Waals surface area contributed by atoms with E-state index in [2.05, 4.69) is 5.16 Å². The molecule has 0 spiro atoms. The van der Waals surface area contributed by atoms with Crippen molar-refractivity contribution in [2.75, 3.05) is 5.88 Å². The molecule has 1 aromatic carbocycles. The van der Waals surface area contributed by atoms with Gasteiger partial charge in [-0.1, -0.05) is 17.3 Å². The topological polar surface area (TPSA) is 43.1 Å². The third-order valence-electron chi connectivity index (χ3n) is 1.76. The van der Waals surface area contributed by atoms with Gasteiger partial charge in [0.1, 0.15) is 5.52 Å². The van der Waals surface area contributed by atoms with E-state index in [-0.39, 0.29) is 17.4 Å². The van der Waals surface area contributed by atoms with Crippen LogP contribution in [0.15, 0.2) is 28.8 Å². The van der Waals surface area contributed by atoms with Gasteiger partial charge in [0, 0.05) is 0 Å². The molecule has 0 aliphatic rings. The first-order valence-electron chi connectivity index (χ1n) is 3.76. The van der Waals surface area contributed by atoms with Crippen molar-refractivity contribution < 1.29 is 9.32 Å². The third kappa shape index (κ3) is 1.31. The highest BCUT2D eigenvalue weighted by Crippen LogP contribution is 2.18. The Kier molecular flexibility index (Phi) is 2.02. The van der Waals surface area contributed by atoms with Crippen molar-refractivity contribution in [3.05, 3.63) is 30.0 Å². The van der Waals surface area contributed by atoms with E-state index in [0.717, 1.165) is 0 Å². The lowest BCUT2D eigenvalue weighted by molar-refractivity contribution is 0.0984. The second kappa shape index (κ2) is 3.18. The lowest BCUT2D eigenvalue weighted by Gasteiger charge is -1.88. The van der Waals surface area contributed by atoms with Crippen LogP contribution in [0.1, 0.15) is 10.6 Å². The highest BCUT2D eigenvalue weighted by Gasteiger charge is 2.14. The maximum Gasteiger partial charge on any atom is 0.216 e. The zero-order valence-electron chi connectivity index (χ0n) is 6.66. The van der Waals surface area contributed by atoms with E-state index in [1.165, 1.54) is 0 Å². The number of fused-ring (bicyclic) bond motifs is 1. The van der Waals surface area contributed by atoms with Crippen LogP contribution in [0.4, 0.5) is 0 Å². The molecule has 0 saturated carbocycles. The van der Waals surface area contributed by atoms with Crippen molar-refractivity contribution in [3.8, 4) is 0 Å². The average Bonchev–Trinajstić information content (AvgIpc) is 2.60. The molecular formula is C9H6ClNO2. The smallest absolute Gasteiger partial charge is 0.216 e. The normalized spacial score (nSPS) is 10.5. The van der Waals surface area contributed by atoms with Crippen LogP contribution in [0.3, 0.4) is 0 Å². The first kappa shape index (κ1) is 8.26. The minimum atomic E-state index is -0.240. The maximum absolute atomic E-state index is 11.2. The number of halogens is 1. The van der Waals surface area contributed by atoms with Gasteiger partial charge in [-0.25, -0.2) is 0 Å². The van der Waals surface area contributed by atoms with Crippen LogP contribution in [0.2, 0.25) is 0 Å². The number of hydrogen-bond acceptors (Lipinski definition) is 3. The fraction of sp³-hybridized carbons (Fsp3) is 0.111. The monoisotopic (exact) mass is 195 g/mol. The van der Waals surface area contributed by atoms with E-state index < -0.39 is 0 Å². The van der Waals surface area contributed by atoms with Crippen LogP contribution in [0.25, 0.3) is 10.9 Å². The first-order chi connectivity index (χ1) is 6.33. The lowest BCUT2D eigenvalue weighted by atomic mass is 10.2. The van der Waals surface area contributed by atoms with Crippen molar-refractivity contribution >= 4 is 28.3 Å². The number of Topliss-reactive ketones (excluding diaryl/α,β-unsaturated/α-hetero) is 1. The molecule has 0 saturated heterocycles. The highest BCUT2D eigenvalue weighted by molar-refractivity contribution is 6.31. The highest BCUT2D eigenvalue weighted by atomic mass is 35.5. The number of carbonyl (C=O) groups is 1. The quantitative estimate of drug-likeness (QED) is 0.545. The molecule has 0 unspecified atom stereocenters. The molecule has 0 amide bonds. The zero-order valence-corrected chi connectivity index (χ0v) is 7.41. The summed E-state index contributed by atoms with van der Waals surface area (Å²) in [6.45, 7) is 0. The van der Waals surface area contributed by atoms with E-state index in [1.807, 2.05) is 12.1 Å². The van der Waals surface area contributed by atoms with E-state index in [0.29, 0.717) is 10.9 Å². The molecule has 3 nitrogen and oxygen atoms in total. The van der Waals surface area contributed by atoms with Crippen molar-refractivity contribution in [3.63, 3.8) is 0 Å². The molecule has 2 aromatic rings. The van der Waals surface area contributed by atoms with Gasteiger partial charge >= 0.3 is 0 Å². The molecule has 66 valence electrons. The number of aromatic nitrogens is 1. The molecule has 1 aromatic heterocycles. The average molecular weight is 196 g/mol. The summed E-state index contributed by atoms with van der Waals surface area (Å²) < 4.78 is 4.88. The van der Waals surface area contributed by atoms with Crippen LogP contribution in [0, 0.1) is 0 Å². The zero-order chi connectivity index (χ0) is 9.26. The summed E-state index contributed by atoms with van der Waals surface area (Å²) in [5.41, 5.74) is 0.677.